The molecule has 1 unspecified atom stereocenters. The van der Waals surface area contributed by atoms with Gasteiger partial charge in [-0.2, -0.15) is 0 Å². The Kier molecular flexibility index (Phi) is 7.34. The number of para-hydroxylation sites is 1. The molecule has 2 rings (SSSR count). The zero-order valence-corrected chi connectivity index (χ0v) is 14.6. The number of ether oxygens (including phenoxy) is 1. The molecule has 0 bridgehead atoms. The highest BCUT2D eigenvalue weighted by molar-refractivity contribution is 5.76. The van der Waals surface area contributed by atoms with Crippen molar-refractivity contribution in [2.24, 2.45) is 5.92 Å². The van der Waals surface area contributed by atoms with Gasteiger partial charge in [-0.15, -0.1) is 0 Å². The van der Waals surface area contributed by atoms with Gasteiger partial charge in [0, 0.05) is 12.0 Å². The van der Waals surface area contributed by atoms with Gasteiger partial charge in [0.05, 0.1) is 6.54 Å². The average Bonchev–Trinajstić information content (AvgIpc) is 2.60. The van der Waals surface area contributed by atoms with E-state index in [1.54, 1.807) is 0 Å². The molecule has 0 aliphatic rings. The topological polar surface area (TPSA) is 38.3 Å². The quantitative estimate of drug-likeness (QED) is 0.680. The van der Waals surface area contributed by atoms with Crippen molar-refractivity contribution in [3.05, 3.63) is 54.6 Å². The third kappa shape index (κ3) is 5.73. The smallest absolute Gasteiger partial charge is 0.220 e. The van der Waals surface area contributed by atoms with Crippen LogP contribution in [0.2, 0.25) is 0 Å². The van der Waals surface area contributed by atoms with E-state index in [0.717, 1.165) is 29.7 Å². The highest BCUT2D eigenvalue weighted by Crippen LogP contribution is 2.29. The molecular weight excluding hydrogens is 298 g/mol. The van der Waals surface area contributed by atoms with Crippen LogP contribution in [0.25, 0.3) is 11.1 Å². The summed E-state index contributed by atoms with van der Waals surface area (Å²) in [5.41, 5.74) is 2.20. The van der Waals surface area contributed by atoms with Crippen LogP contribution in [0.3, 0.4) is 0 Å². The Morgan fingerprint density at radius 3 is 2.54 bits per heavy atom. The lowest BCUT2D eigenvalue weighted by Gasteiger charge is -2.13. The van der Waals surface area contributed by atoms with Gasteiger partial charge in [0.25, 0.3) is 0 Å². The Morgan fingerprint density at radius 2 is 1.79 bits per heavy atom. The summed E-state index contributed by atoms with van der Waals surface area (Å²) in [5, 5.41) is 2.94. The lowest BCUT2D eigenvalue weighted by atomic mass is 10.0. The lowest BCUT2D eigenvalue weighted by molar-refractivity contribution is -0.122. The van der Waals surface area contributed by atoms with Gasteiger partial charge in [0.1, 0.15) is 12.4 Å². The van der Waals surface area contributed by atoms with Crippen LogP contribution in [-0.2, 0) is 4.79 Å². The first-order valence-electron chi connectivity index (χ1n) is 8.74. The van der Waals surface area contributed by atoms with Crippen molar-refractivity contribution < 1.29 is 9.53 Å². The van der Waals surface area contributed by atoms with Crippen LogP contribution >= 0.6 is 0 Å². The molecule has 0 radical (unpaired) electrons. The van der Waals surface area contributed by atoms with Gasteiger partial charge in [-0.05, 0) is 17.5 Å². The molecule has 2 aromatic carbocycles. The first-order valence-corrected chi connectivity index (χ1v) is 8.74. The largest absolute Gasteiger partial charge is 0.491 e. The summed E-state index contributed by atoms with van der Waals surface area (Å²) < 4.78 is 5.88. The van der Waals surface area contributed by atoms with Gasteiger partial charge < -0.3 is 10.1 Å². The van der Waals surface area contributed by atoms with E-state index in [9.17, 15) is 4.79 Å². The maximum Gasteiger partial charge on any atom is 0.220 e. The average molecular weight is 325 g/mol. The summed E-state index contributed by atoms with van der Waals surface area (Å²) >= 11 is 0. The summed E-state index contributed by atoms with van der Waals surface area (Å²) in [6.45, 7) is 5.26. The van der Waals surface area contributed by atoms with E-state index in [2.05, 4.69) is 37.4 Å². The van der Waals surface area contributed by atoms with Gasteiger partial charge in [-0.25, -0.2) is 0 Å². The molecule has 0 aliphatic carbocycles. The Balaban J connectivity index is 1.82. The Morgan fingerprint density at radius 1 is 1.08 bits per heavy atom. The normalized spacial score (nSPS) is 11.8. The molecule has 0 aromatic heterocycles. The number of hydrogen-bond donors (Lipinski definition) is 1. The number of rotatable bonds is 9. The fourth-order valence-corrected chi connectivity index (χ4v) is 2.78. The zero-order chi connectivity index (χ0) is 17.2. The van der Waals surface area contributed by atoms with E-state index in [0.29, 0.717) is 25.5 Å². The first-order chi connectivity index (χ1) is 11.7. The Bertz CT molecular complexity index is 625. The summed E-state index contributed by atoms with van der Waals surface area (Å²) in [7, 11) is 0. The third-order valence-electron chi connectivity index (χ3n) is 3.97. The fraction of sp³-hybridized carbons (Fsp3) is 0.381. The Hall–Kier alpha value is -2.29. The zero-order valence-electron chi connectivity index (χ0n) is 14.6. The monoisotopic (exact) mass is 325 g/mol. The molecule has 0 spiro atoms. The van der Waals surface area contributed by atoms with E-state index in [1.807, 2.05) is 36.4 Å². The molecular formula is C21H27NO2. The van der Waals surface area contributed by atoms with E-state index in [-0.39, 0.29) is 5.91 Å². The van der Waals surface area contributed by atoms with E-state index < -0.39 is 0 Å². The van der Waals surface area contributed by atoms with E-state index in [1.165, 1.54) is 0 Å². The molecule has 0 fully saturated rings. The van der Waals surface area contributed by atoms with Crippen molar-refractivity contribution in [1.29, 1.82) is 0 Å². The predicted molar refractivity (Wildman–Crippen MR) is 99.1 cm³/mol. The van der Waals surface area contributed by atoms with Crippen molar-refractivity contribution in [2.45, 2.75) is 33.1 Å². The number of carbonyl (C=O) groups excluding carboxylic acids is 1. The van der Waals surface area contributed by atoms with Crippen LogP contribution in [0.4, 0.5) is 0 Å². The third-order valence-corrected chi connectivity index (χ3v) is 3.97. The molecule has 1 atom stereocenters. The van der Waals surface area contributed by atoms with Gasteiger partial charge in [0.2, 0.25) is 5.91 Å². The van der Waals surface area contributed by atoms with Gasteiger partial charge in [-0.3, -0.25) is 4.79 Å². The summed E-state index contributed by atoms with van der Waals surface area (Å²) in [6.07, 6.45) is 2.80. The minimum absolute atomic E-state index is 0.107. The molecule has 2 aromatic rings. The molecule has 24 heavy (non-hydrogen) atoms. The maximum atomic E-state index is 11.9. The van der Waals surface area contributed by atoms with Crippen LogP contribution in [0.15, 0.2) is 54.6 Å². The highest BCUT2D eigenvalue weighted by Gasteiger charge is 2.08. The van der Waals surface area contributed by atoms with E-state index in [4.69, 9.17) is 4.74 Å². The molecule has 3 heteroatoms. The second-order valence-corrected chi connectivity index (χ2v) is 6.16. The Labute approximate surface area is 145 Å². The number of hydrogen-bond acceptors (Lipinski definition) is 2. The van der Waals surface area contributed by atoms with E-state index >= 15 is 0 Å². The molecule has 0 saturated carbocycles. The maximum absolute atomic E-state index is 11.9. The first kappa shape index (κ1) is 18.1. The fourth-order valence-electron chi connectivity index (χ4n) is 2.78. The van der Waals surface area contributed by atoms with Gasteiger partial charge in [-0.1, -0.05) is 75.2 Å². The van der Waals surface area contributed by atoms with Crippen molar-refractivity contribution in [1.82, 2.24) is 5.32 Å². The SMILES string of the molecule is CCCC(C)CC(=O)NCCOc1ccccc1-c1ccccc1. The summed E-state index contributed by atoms with van der Waals surface area (Å²) in [5.74, 6) is 1.39. The minimum Gasteiger partial charge on any atom is -0.491 e. The molecule has 3 nitrogen and oxygen atoms in total. The second-order valence-electron chi connectivity index (χ2n) is 6.16. The van der Waals surface area contributed by atoms with Crippen molar-refractivity contribution in [3.8, 4) is 16.9 Å². The van der Waals surface area contributed by atoms with Crippen LogP contribution in [0.1, 0.15) is 33.1 Å². The molecule has 0 heterocycles. The molecule has 128 valence electrons. The molecule has 1 N–H and O–H groups in total. The molecule has 0 aliphatic heterocycles. The van der Waals surface area contributed by atoms with Gasteiger partial charge >= 0.3 is 0 Å². The second kappa shape index (κ2) is 9.76. The standard InChI is InChI=1S/C21H27NO2/c1-3-9-17(2)16-21(23)22-14-15-24-20-13-8-7-12-19(20)18-10-5-4-6-11-18/h4-8,10-13,17H,3,9,14-16H2,1-2H3,(H,22,23). The van der Waals surface area contributed by atoms with Crippen LogP contribution in [0, 0.1) is 5.92 Å². The van der Waals surface area contributed by atoms with Gasteiger partial charge in [0.15, 0.2) is 0 Å². The van der Waals surface area contributed by atoms with Crippen molar-refractivity contribution in [3.63, 3.8) is 0 Å². The predicted octanol–water partition coefficient (Wildman–Crippen LogP) is 4.67. The molecule has 0 saturated heterocycles. The number of benzene rings is 2. The summed E-state index contributed by atoms with van der Waals surface area (Å²) in [4.78, 5) is 11.9. The minimum atomic E-state index is 0.107. The van der Waals surface area contributed by atoms with Crippen LogP contribution < -0.4 is 10.1 Å². The number of carbonyl (C=O) groups is 1. The highest BCUT2D eigenvalue weighted by atomic mass is 16.5. The number of amides is 1. The van der Waals surface area contributed by atoms with Crippen LogP contribution in [0.5, 0.6) is 5.75 Å². The molecule has 1 amide bonds. The lowest BCUT2D eigenvalue weighted by Crippen LogP contribution is -2.29. The van der Waals surface area contributed by atoms with Crippen LogP contribution in [-0.4, -0.2) is 19.1 Å². The summed E-state index contributed by atoms with van der Waals surface area (Å²) in [6, 6.07) is 18.2. The number of nitrogens with one attached hydrogen (secondary N) is 1. The van der Waals surface area contributed by atoms with Crippen molar-refractivity contribution >= 4 is 5.91 Å². The van der Waals surface area contributed by atoms with Crippen molar-refractivity contribution in [2.75, 3.05) is 13.2 Å².